The molecule has 0 rings (SSSR count). The summed E-state index contributed by atoms with van der Waals surface area (Å²) in [7, 11) is 0. The Morgan fingerprint density at radius 3 is 2.73 bits per heavy atom. The first-order valence-corrected chi connectivity index (χ1v) is 6.70. The van der Waals surface area contributed by atoms with Crippen LogP contribution in [0.25, 0.3) is 0 Å². The third-order valence-corrected chi connectivity index (χ3v) is 2.87. The fraction of sp³-hybridized carbons (Fsp3) is 0.900. The summed E-state index contributed by atoms with van der Waals surface area (Å²) in [6.07, 6.45) is 3.34. The minimum Gasteiger partial charge on any atom is -0.396 e. The molecule has 0 unspecified atom stereocenters. The number of rotatable bonds is 8. The molecule has 0 aromatic heterocycles. The maximum Gasteiger partial charge on any atom is 0.239 e. The molecule has 0 heterocycles. The van der Waals surface area contributed by atoms with E-state index in [4.69, 9.17) is 10.8 Å². The van der Waals surface area contributed by atoms with E-state index in [0.29, 0.717) is 19.5 Å². The van der Waals surface area contributed by atoms with E-state index in [1.807, 2.05) is 13.2 Å². The smallest absolute Gasteiger partial charge is 0.239 e. The number of likely N-dealkylation sites (N-methyl/N-ethyl adjacent to an activating group) is 1. The van der Waals surface area contributed by atoms with Gasteiger partial charge in [0.1, 0.15) is 0 Å². The molecule has 0 aliphatic heterocycles. The highest BCUT2D eigenvalue weighted by atomic mass is 32.2. The van der Waals surface area contributed by atoms with E-state index in [-0.39, 0.29) is 12.5 Å². The van der Waals surface area contributed by atoms with Gasteiger partial charge in [-0.25, -0.2) is 0 Å². The van der Waals surface area contributed by atoms with Gasteiger partial charge in [0.15, 0.2) is 0 Å². The fourth-order valence-electron chi connectivity index (χ4n) is 1.29. The van der Waals surface area contributed by atoms with E-state index in [9.17, 15) is 4.79 Å². The maximum atomic E-state index is 11.8. The number of carbonyl (C=O) groups excluding carboxylic acids is 1. The number of nitrogens with zero attached hydrogens (tertiary/aromatic N) is 1. The zero-order valence-electron chi connectivity index (χ0n) is 9.61. The van der Waals surface area contributed by atoms with E-state index >= 15 is 0 Å². The maximum absolute atomic E-state index is 11.8. The second-order valence-corrected chi connectivity index (χ2v) is 4.37. The molecular weight excluding hydrogens is 212 g/mol. The minimum atomic E-state index is -0.393. The van der Waals surface area contributed by atoms with Crippen molar-refractivity contribution in [3.05, 3.63) is 0 Å². The van der Waals surface area contributed by atoms with Crippen molar-refractivity contribution in [1.82, 2.24) is 4.90 Å². The number of aliphatic hydroxyl groups is 1. The lowest BCUT2D eigenvalue weighted by atomic mass is 10.2. The molecule has 4 nitrogen and oxygen atoms in total. The van der Waals surface area contributed by atoms with Crippen LogP contribution in [0.15, 0.2) is 0 Å². The van der Waals surface area contributed by atoms with Crippen LogP contribution in [0.5, 0.6) is 0 Å². The predicted molar refractivity (Wildman–Crippen MR) is 64.9 cm³/mol. The van der Waals surface area contributed by atoms with E-state index in [0.717, 1.165) is 12.2 Å². The van der Waals surface area contributed by atoms with Crippen LogP contribution in [0.4, 0.5) is 0 Å². The van der Waals surface area contributed by atoms with Crippen LogP contribution in [-0.4, -0.2) is 53.7 Å². The zero-order valence-corrected chi connectivity index (χ0v) is 10.4. The Hall–Kier alpha value is -0.260. The van der Waals surface area contributed by atoms with Gasteiger partial charge in [0, 0.05) is 19.7 Å². The van der Waals surface area contributed by atoms with Crippen LogP contribution in [0.3, 0.4) is 0 Å². The number of thioether (sulfide) groups is 1. The highest BCUT2D eigenvalue weighted by Crippen LogP contribution is 2.03. The molecule has 0 aliphatic carbocycles. The van der Waals surface area contributed by atoms with Gasteiger partial charge in [-0.1, -0.05) is 0 Å². The van der Waals surface area contributed by atoms with Crippen molar-refractivity contribution in [2.24, 2.45) is 5.73 Å². The molecule has 0 radical (unpaired) electrons. The summed E-state index contributed by atoms with van der Waals surface area (Å²) in [4.78, 5) is 13.5. The Kier molecular flexibility index (Phi) is 8.85. The lowest BCUT2D eigenvalue weighted by Gasteiger charge is -2.23. The number of hydrogen-bond donors (Lipinski definition) is 2. The lowest BCUT2D eigenvalue weighted by Crippen LogP contribution is -2.44. The van der Waals surface area contributed by atoms with Crippen molar-refractivity contribution in [3.8, 4) is 0 Å². The van der Waals surface area contributed by atoms with Gasteiger partial charge in [-0.3, -0.25) is 4.79 Å². The fourth-order valence-corrected chi connectivity index (χ4v) is 1.78. The van der Waals surface area contributed by atoms with Crippen molar-refractivity contribution in [2.45, 2.75) is 25.8 Å². The molecule has 0 saturated carbocycles. The van der Waals surface area contributed by atoms with Gasteiger partial charge < -0.3 is 15.7 Å². The highest BCUT2D eigenvalue weighted by Gasteiger charge is 2.18. The summed E-state index contributed by atoms with van der Waals surface area (Å²) in [5.74, 6) is 0.907. The third kappa shape index (κ3) is 6.02. The summed E-state index contributed by atoms with van der Waals surface area (Å²) in [5.41, 5.74) is 5.78. The Balaban J connectivity index is 4.00. The summed E-state index contributed by atoms with van der Waals surface area (Å²) in [5, 5.41) is 8.70. The largest absolute Gasteiger partial charge is 0.396 e. The molecule has 0 aliphatic rings. The van der Waals surface area contributed by atoms with Crippen molar-refractivity contribution in [3.63, 3.8) is 0 Å². The molecule has 90 valence electrons. The number of carbonyl (C=O) groups is 1. The van der Waals surface area contributed by atoms with Crippen LogP contribution in [0.1, 0.15) is 19.8 Å². The van der Waals surface area contributed by atoms with Crippen molar-refractivity contribution in [2.75, 3.05) is 31.7 Å². The first-order chi connectivity index (χ1) is 7.17. The van der Waals surface area contributed by atoms with E-state index in [2.05, 4.69) is 0 Å². The minimum absolute atomic E-state index is 0.000000000000000222. The van der Waals surface area contributed by atoms with Gasteiger partial charge in [-0.15, -0.1) is 0 Å². The number of aliphatic hydroxyl groups excluding tert-OH is 1. The standard InChI is InChI=1S/C10H22N2O2S/c1-3-12(6-4-7-13)10(14)9(11)5-8-15-2/h9,13H,3-8,11H2,1-2H3/t9-/m0/s1. The molecule has 0 saturated heterocycles. The molecule has 5 heteroatoms. The van der Waals surface area contributed by atoms with Gasteiger partial charge in [0.25, 0.3) is 0 Å². The van der Waals surface area contributed by atoms with E-state index in [1.54, 1.807) is 16.7 Å². The molecule has 1 atom stereocenters. The lowest BCUT2D eigenvalue weighted by molar-refractivity contribution is -0.132. The zero-order chi connectivity index (χ0) is 11.7. The third-order valence-electron chi connectivity index (χ3n) is 2.23. The molecule has 0 aromatic rings. The molecule has 3 N–H and O–H groups in total. The van der Waals surface area contributed by atoms with Crippen LogP contribution in [0.2, 0.25) is 0 Å². The topological polar surface area (TPSA) is 66.6 Å². The molecule has 0 fully saturated rings. The Labute approximate surface area is 96.2 Å². The SMILES string of the molecule is CCN(CCCO)C(=O)[C@@H](N)CCSC. The quantitative estimate of drug-likeness (QED) is 0.634. The summed E-state index contributed by atoms with van der Waals surface area (Å²) < 4.78 is 0. The number of amides is 1. The van der Waals surface area contributed by atoms with Crippen molar-refractivity contribution < 1.29 is 9.90 Å². The molecule has 0 spiro atoms. The monoisotopic (exact) mass is 234 g/mol. The van der Waals surface area contributed by atoms with Crippen LogP contribution in [-0.2, 0) is 4.79 Å². The van der Waals surface area contributed by atoms with Crippen molar-refractivity contribution in [1.29, 1.82) is 0 Å². The van der Waals surface area contributed by atoms with Crippen molar-refractivity contribution >= 4 is 17.7 Å². The average molecular weight is 234 g/mol. The Morgan fingerprint density at radius 1 is 1.60 bits per heavy atom. The van der Waals surface area contributed by atoms with Crippen LogP contribution in [0, 0.1) is 0 Å². The van der Waals surface area contributed by atoms with Gasteiger partial charge in [0.05, 0.1) is 6.04 Å². The summed E-state index contributed by atoms with van der Waals surface area (Å²) >= 11 is 1.69. The van der Waals surface area contributed by atoms with Gasteiger partial charge >= 0.3 is 0 Å². The van der Waals surface area contributed by atoms with E-state index < -0.39 is 6.04 Å². The molecule has 15 heavy (non-hydrogen) atoms. The molecular formula is C10H22N2O2S. The highest BCUT2D eigenvalue weighted by molar-refractivity contribution is 7.98. The predicted octanol–water partition coefficient (Wildman–Crippen LogP) is 0.298. The summed E-state index contributed by atoms with van der Waals surface area (Å²) in [6, 6.07) is -0.393. The van der Waals surface area contributed by atoms with Gasteiger partial charge in [-0.2, -0.15) is 11.8 Å². The van der Waals surface area contributed by atoms with Gasteiger partial charge in [0.2, 0.25) is 5.91 Å². The van der Waals surface area contributed by atoms with E-state index in [1.165, 1.54) is 0 Å². The normalized spacial score (nSPS) is 12.5. The van der Waals surface area contributed by atoms with Crippen LogP contribution >= 0.6 is 11.8 Å². The summed E-state index contributed by atoms with van der Waals surface area (Å²) in [6.45, 7) is 3.30. The van der Waals surface area contributed by atoms with Gasteiger partial charge in [-0.05, 0) is 31.8 Å². The Morgan fingerprint density at radius 2 is 2.27 bits per heavy atom. The molecule has 0 bridgehead atoms. The number of nitrogens with two attached hydrogens (primary N) is 1. The first kappa shape index (κ1) is 14.7. The first-order valence-electron chi connectivity index (χ1n) is 5.31. The van der Waals surface area contributed by atoms with Crippen LogP contribution < -0.4 is 5.73 Å². The second-order valence-electron chi connectivity index (χ2n) is 3.38. The Bertz CT molecular complexity index is 179. The molecule has 0 aromatic carbocycles. The number of hydrogen-bond acceptors (Lipinski definition) is 4. The second kappa shape index (κ2) is 9.00. The average Bonchev–Trinajstić information content (AvgIpc) is 2.26. The molecule has 1 amide bonds.